The Hall–Kier alpha value is -1.23. The van der Waals surface area contributed by atoms with E-state index < -0.39 is 0 Å². The van der Waals surface area contributed by atoms with Crippen LogP contribution in [0.25, 0.3) is 0 Å². The molecule has 16 heavy (non-hydrogen) atoms. The van der Waals surface area contributed by atoms with Crippen LogP contribution in [0.15, 0.2) is 12.3 Å². The average Bonchev–Trinajstić information content (AvgIpc) is 2.30. The molecule has 0 aliphatic heterocycles. The molecule has 0 unspecified atom stereocenters. The van der Waals surface area contributed by atoms with Crippen molar-refractivity contribution in [3.05, 3.63) is 18.0 Å². The second kappa shape index (κ2) is 5.21. The van der Waals surface area contributed by atoms with E-state index in [0.717, 1.165) is 12.8 Å². The minimum atomic E-state index is 0.246. The van der Waals surface area contributed by atoms with E-state index in [1.54, 1.807) is 12.3 Å². The Kier molecular flexibility index (Phi) is 3.66. The molecule has 5 heteroatoms. The SMILES string of the molecule is NC(=S)c1ccnc(OC2CCCCC2)n1. The van der Waals surface area contributed by atoms with E-state index in [1.807, 2.05) is 0 Å². The number of rotatable bonds is 3. The van der Waals surface area contributed by atoms with Crippen molar-refractivity contribution in [2.24, 2.45) is 5.73 Å². The molecular weight excluding hydrogens is 222 g/mol. The van der Waals surface area contributed by atoms with Gasteiger partial charge in [0.2, 0.25) is 0 Å². The van der Waals surface area contributed by atoms with Gasteiger partial charge in [-0.1, -0.05) is 18.6 Å². The first-order valence-corrected chi connectivity index (χ1v) is 5.96. The van der Waals surface area contributed by atoms with Gasteiger partial charge in [-0.25, -0.2) is 4.98 Å². The molecule has 0 aromatic carbocycles. The summed E-state index contributed by atoms with van der Waals surface area (Å²) in [5.74, 6) is 0. The number of hydrogen-bond donors (Lipinski definition) is 1. The zero-order valence-electron chi connectivity index (χ0n) is 9.06. The van der Waals surface area contributed by atoms with Crippen LogP contribution in [0.1, 0.15) is 37.8 Å². The number of aromatic nitrogens is 2. The molecule has 4 nitrogen and oxygen atoms in total. The molecule has 1 heterocycles. The van der Waals surface area contributed by atoms with E-state index in [0.29, 0.717) is 11.7 Å². The monoisotopic (exact) mass is 237 g/mol. The average molecular weight is 237 g/mol. The fourth-order valence-electron chi connectivity index (χ4n) is 1.87. The summed E-state index contributed by atoms with van der Waals surface area (Å²) in [7, 11) is 0. The molecule has 0 amide bonds. The normalized spacial score (nSPS) is 17.0. The lowest BCUT2D eigenvalue weighted by molar-refractivity contribution is 0.141. The summed E-state index contributed by atoms with van der Waals surface area (Å²) in [4.78, 5) is 8.51. The highest BCUT2D eigenvalue weighted by molar-refractivity contribution is 7.80. The molecule has 1 aliphatic carbocycles. The Morgan fingerprint density at radius 2 is 2.12 bits per heavy atom. The number of ether oxygens (including phenoxy) is 1. The summed E-state index contributed by atoms with van der Waals surface area (Å²) < 4.78 is 5.71. The van der Waals surface area contributed by atoms with Crippen LogP contribution in [0, 0.1) is 0 Å². The van der Waals surface area contributed by atoms with Crippen LogP contribution in [0.3, 0.4) is 0 Å². The van der Waals surface area contributed by atoms with Gasteiger partial charge in [0.15, 0.2) is 0 Å². The smallest absolute Gasteiger partial charge is 0.317 e. The predicted molar refractivity (Wildman–Crippen MR) is 65.4 cm³/mol. The standard InChI is InChI=1S/C11H15N3OS/c12-10(16)9-6-7-13-11(14-9)15-8-4-2-1-3-5-8/h6-8H,1-5H2,(H2,12,16). The van der Waals surface area contributed by atoms with Crippen molar-refractivity contribution >= 4 is 17.2 Å². The molecule has 0 spiro atoms. The zero-order chi connectivity index (χ0) is 11.4. The van der Waals surface area contributed by atoms with Crippen LogP contribution >= 0.6 is 12.2 Å². The summed E-state index contributed by atoms with van der Waals surface area (Å²) in [5, 5.41) is 0. The third kappa shape index (κ3) is 2.88. The molecule has 0 bridgehead atoms. The quantitative estimate of drug-likeness (QED) is 0.813. The highest BCUT2D eigenvalue weighted by Gasteiger charge is 2.16. The lowest BCUT2D eigenvalue weighted by Crippen LogP contribution is -2.21. The molecule has 0 radical (unpaired) electrons. The maximum Gasteiger partial charge on any atom is 0.317 e. The van der Waals surface area contributed by atoms with Crippen molar-refractivity contribution < 1.29 is 4.74 Å². The van der Waals surface area contributed by atoms with Crippen molar-refractivity contribution in [2.45, 2.75) is 38.2 Å². The number of nitrogens with zero attached hydrogens (tertiary/aromatic N) is 2. The van der Waals surface area contributed by atoms with Crippen LogP contribution in [-0.4, -0.2) is 21.1 Å². The zero-order valence-corrected chi connectivity index (χ0v) is 9.87. The summed E-state index contributed by atoms with van der Waals surface area (Å²) >= 11 is 4.86. The number of thiocarbonyl (C=S) groups is 1. The first-order valence-electron chi connectivity index (χ1n) is 5.55. The van der Waals surface area contributed by atoms with Gasteiger partial charge in [0.1, 0.15) is 16.8 Å². The van der Waals surface area contributed by atoms with E-state index in [2.05, 4.69) is 9.97 Å². The Labute approximate surface area is 100 Å². The van der Waals surface area contributed by atoms with Crippen molar-refractivity contribution in [2.75, 3.05) is 0 Å². The summed E-state index contributed by atoms with van der Waals surface area (Å²) in [6.45, 7) is 0. The van der Waals surface area contributed by atoms with E-state index in [1.165, 1.54) is 19.3 Å². The molecular formula is C11H15N3OS. The van der Waals surface area contributed by atoms with Gasteiger partial charge in [0.25, 0.3) is 0 Å². The molecule has 86 valence electrons. The molecule has 1 aromatic heterocycles. The first-order chi connectivity index (χ1) is 7.75. The second-order valence-electron chi connectivity index (χ2n) is 3.97. The molecule has 2 N–H and O–H groups in total. The van der Waals surface area contributed by atoms with Crippen molar-refractivity contribution in [3.8, 4) is 6.01 Å². The molecule has 1 fully saturated rings. The minimum absolute atomic E-state index is 0.246. The van der Waals surface area contributed by atoms with Gasteiger partial charge in [-0.05, 0) is 31.7 Å². The van der Waals surface area contributed by atoms with Gasteiger partial charge in [-0.2, -0.15) is 4.98 Å². The van der Waals surface area contributed by atoms with Gasteiger partial charge in [0, 0.05) is 6.20 Å². The molecule has 2 rings (SSSR count). The van der Waals surface area contributed by atoms with Gasteiger partial charge in [0.05, 0.1) is 0 Å². The van der Waals surface area contributed by atoms with Crippen LogP contribution in [-0.2, 0) is 0 Å². The summed E-state index contributed by atoms with van der Waals surface area (Å²) in [6.07, 6.45) is 7.78. The van der Waals surface area contributed by atoms with Gasteiger partial charge >= 0.3 is 6.01 Å². The van der Waals surface area contributed by atoms with E-state index >= 15 is 0 Å². The Morgan fingerprint density at radius 3 is 2.81 bits per heavy atom. The van der Waals surface area contributed by atoms with Crippen LogP contribution in [0.2, 0.25) is 0 Å². The van der Waals surface area contributed by atoms with Crippen LogP contribution < -0.4 is 10.5 Å². The third-order valence-corrected chi connectivity index (χ3v) is 2.92. The highest BCUT2D eigenvalue weighted by atomic mass is 32.1. The highest BCUT2D eigenvalue weighted by Crippen LogP contribution is 2.21. The third-order valence-electron chi connectivity index (χ3n) is 2.71. The Balaban J connectivity index is 2.02. The Bertz CT molecular complexity index is 377. The lowest BCUT2D eigenvalue weighted by Gasteiger charge is -2.21. The van der Waals surface area contributed by atoms with Gasteiger partial charge in [-0.15, -0.1) is 0 Å². The summed E-state index contributed by atoms with van der Waals surface area (Å²) in [6, 6.07) is 2.08. The molecule has 0 atom stereocenters. The minimum Gasteiger partial charge on any atom is -0.460 e. The number of nitrogens with two attached hydrogens (primary N) is 1. The molecule has 0 saturated heterocycles. The summed E-state index contributed by atoms with van der Waals surface area (Å²) in [5.41, 5.74) is 6.07. The lowest BCUT2D eigenvalue weighted by atomic mass is 9.98. The largest absolute Gasteiger partial charge is 0.460 e. The van der Waals surface area contributed by atoms with Crippen LogP contribution in [0.4, 0.5) is 0 Å². The number of hydrogen-bond acceptors (Lipinski definition) is 4. The fraction of sp³-hybridized carbons (Fsp3) is 0.545. The topological polar surface area (TPSA) is 61.0 Å². The maximum absolute atomic E-state index is 5.71. The van der Waals surface area contributed by atoms with Crippen molar-refractivity contribution in [1.29, 1.82) is 0 Å². The predicted octanol–water partition coefficient (Wildman–Crippen LogP) is 1.82. The maximum atomic E-state index is 5.71. The second-order valence-corrected chi connectivity index (χ2v) is 4.41. The van der Waals surface area contributed by atoms with Crippen molar-refractivity contribution in [1.82, 2.24) is 9.97 Å². The van der Waals surface area contributed by atoms with E-state index in [-0.39, 0.29) is 11.1 Å². The van der Waals surface area contributed by atoms with Gasteiger partial charge < -0.3 is 10.5 Å². The van der Waals surface area contributed by atoms with Crippen LogP contribution in [0.5, 0.6) is 6.01 Å². The first kappa shape index (κ1) is 11.3. The molecule has 1 aromatic rings. The van der Waals surface area contributed by atoms with E-state index in [4.69, 9.17) is 22.7 Å². The Morgan fingerprint density at radius 1 is 1.38 bits per heavy atom. The van der Waals surface area contributed by atoms with E-state index in [9.17, 15) is 0 Å². The van der Waals surface area contributed by atoms with Gasteiger partial charge in [-0.3, -0.25) is 0 Å². The molecule has 1 aliphatic rings. The van der Waals surface area contributed by atoms with Crippen molar-refractivity contribution in [3.63, 3.8) is 0 Å². The fourth-order valence-corrected chi connectivity index (χ4v) is 1.98. The molecule has 1 saturated carbocycles.